The summed E-state index contributed by atoms with van der Waals surface area (Å²) in [6, 6.07) is 3.91. The minimum Gasteiger partial charge on any atom is -0.427 e. The molecule has 0 aliphatic heterocycles. The van der Waals surface area contributed by atoms with Gasteiger partial charge in [-0.25, -0.2) is 4.39 Å². The van der Waals surface area contributed by atoms with Gasteiger partial charge in [-0.3, -0.25) is 4.79 Å². The molecule has 0 saturated carbocycles. The summed E-state index contributed by atoms with van der Waals surface area (Å²) in [5, 5.41) is 8.88. The summed E-state index contributed by atoms with van der Waals surface area (Å²) in [5.41, 5.74) is 0.522. The smallest absolute Gasteiger partial charge is 0.308 e. The van der Waals surface area contributed by atoms with Crippen molar-refractivity contribution in [1.29, 1.82) is 0 Å². The summed E-state index contributed by atoms with van der Waals surface area (Å²) in [4.78, 5) is 10.7. The molecule has 1 aromatic rings. The summed E-state index contributed by atoms with van der Waals surface area (Å²) >= 11 is 0. The molecular weight excluding hydrogens is 199 g/mol. The molecule has 0 amide bonds. The van der Waals surface area contributed by atoms with Crippen molar-refractivity contribution in [3.63, 3.8) is 0 Å². The minimum atomic E-state index is -0.506. The van der Waals surface area contributed by atoms with Gasteiger partial charge >= 0.3 is 5.97 Å². The molecule has 81 valence electrons. The highest BCUT2D eigenvalue weighted by Gasteiger charge is 2.09. The van der Waals surface area contributed by atoms with Crippen LogP contribution in [0.25, 0.3) is 0 Å². The van der Waals surface area contributed by atoms with Gasteiger partial charge in [0.25, 0.3) is 0 Å². The van der Waals surface area contributed by atoms with Crippen molar-refractivity contribution >= 4 is 5.97 Å². The second-order valence-corrected chi connectivity index (χ2v) is 3.21. The zero-order chi connectivity index (χ0) is 11.4. The summed E-state index contributed by atoms with van der Waals surface area (Å²) in [6.07, 6.45) is 0. The quantitative estimate of drug-likeness (QED) is 0.611. The van der Waals surface area contributed by atoms with Crippen LogP contribution in [0.2, 0.25) is 0 Å². The number of carbonyl (C=O) groups is 1. The van der Waals surface area contributed by atoms with E-state index in [4.69, 9.17) is 9.84 Å². The van der Waals surface area contributed by atoms with E-state index >= 15 is 0 Å². The van der Waals surface area contributed by atoms with Gasteiger partial charge in [0.2, 0.25) is 0 Å². The van der Waals surface area contributed by atoms with Crippen LogP contribution in [0.5, 0.6) is 5.75 Å². The maximum atomic E-state index is 13.1. The summed E-state index contributed by atoms with van der Waals surface area (Å²) in [6.45, 7) is 2.75. The monoisotopic (exact) mass is 211 g/mol. The van der Waals surface area contributed by atoms with Gasteiger partial charge in [0.05, 0.1) is 6.61 Å². The van der Waals surface area contributed by atoms with Crippen LogP contribution in [0, 0.1) is 11.7 Å². The van der Waals surface area contributed by atoms with Crippen LogP contribution in [-0.4, -0.2) is 17.7 Å². The Hall–Kier alpha value is -1.42. The van der Waals surface area contributed by atoms with Crippen molar-refractivity contribution in [2.75, 3.05) is 6.61 Å². The normalized spacial score (nSPS) is 10.5. The van der Waals surface area contributed by atoms with Crippen LogP contribution in [0.1, 0.15) is 19.4 Å². The molecule has 0 aliphatic rings. The molecular formula is C11H12FO3. The van der Waals surface area contributed by atoms with Crippen molar-refractivity contribution in [2.24, 2.45) is 0 Å². The molecule has 0 aromatic heterocycles. The predicted molar refractivity (Wildman–Crippen MR) is 52.8 cm³/mol. The maximum absolute atomic E-state index is 13.1. The van der Waals surface area contributed by atoms with E-state index in [1.807, 2.05) is 0 Å². The Labute approximate surface area is 87.5 Å². The van der Waals surface area contributed by atoms with Crippen LogP contribution in [0.15, 0.2) is 18.2 Å². The fourth-order valence-electron chi connectivity index (χ4n) is 1.13. The Balaban J connectivity index is 2.99. The molecule has 1 aromatic carbocycles. The minimum absolute atomic E-state index is 0.144. The number of benzene rings is 1. The molecule has 0 saturated heterocycles. The second kappa shape index (κ2) is 4.89. The van der Waals surface area contributed by atoms with Crippen molar-refractivity contribution in [2.45, 2.75) is 13.8 Å². The number of hydrogen-bond acceptors (Lipinski definition) is 3. The zero-order valence-electron chi connectivity index (χ0n) is 8.58. The molecule has 0 atom stereocenters. The molecule has 15 heavy (non-hydrogen) atoms. The lowest BCUT2D eigenvalue weighted by molar-refractivity contribution is -0.131. The maximum Gasteiger partial charge on any atom is 0.308 e. The number of hydrogen-bond donors (Lipinski definition) is 1. The van der Waals surface area contributed by atoms with Gasteiger partial charge in [0.1, 0.15) is 11.6 Å². The van der Waals surface area contributed by atoms with Crippen LogP contribution >= 0.6 is 0 Å². The largest absolute Gasteiger partial charge is 0.427 e. The molecule has 0 fully saturated rings. The number of esters is 1. The lowest BCUT2D eigenvalue weighted by Crippen LogP contribution is -2.05. The van der Waals surface area contributed by atoms with E-state index in [-0.39, 0.29) is 12.4 Å². The summed E-state index contributed by atoms with van der Waals surface area (Å²) in [7, 11) is 0. The lowest BCUT2D eigenvalue weighted by Gasteiger charge is -2.09. The highest BCUT2D eigenvalue weighted by atomic mass is 19.1. The van der Waals surface area contributed by atoms with Crippen LogP contribution in [0.3, 0.4) is 0 Å². The van der Waals surface area contributed by atoms with Gasteiger partial charge in [-0.05, 0) is 17.7 Å². The van der Waals surface area contributed by atoms with Crippen LogP contribution < -0.4 is 4.74 Å². The van der Waals surface area contributed by atoms with E-state index in [0.717, 1.165) is 6.07 Å². The van der Waals surface area contributed by atoms with Gasteiger partial charge < -0.3 is 9.84 Å². The van der Waals surface area contributed by atoms with Crippen LogP contribution in [0.4, 0.5) is 4.39 Å². The third-order valence-electron chi connectivity index (χ3n) is 1.86. The van der Waals surface area contributed by atoms with Crippen molar-refractivity contribution < 1.29 is 19.0 Å². The van der Waals surface area contributed by atoms with Gasteiger partial charge in [0, 0.05) is 18.9 Å². The third-order valence-corrected chi connectivity index (χ3v) is 1.86. The Kier molecular flexibility index (Phi) is 3.80. The first-order chi connectivity index (χ1) is 7.02. The van der Waals surface area contributed by atoms with Gasteiger partial charge in [0.15, 0.2) is 0 Å². The van der Waals surface area contributed by atoms with E-state index in [1.54, 1.807) is 6.92 Å². The lowest BCUT2D eigenvalue weighted by atomic mass is 10.0. The standard InChI is InChI=1S/C11H12FO3/c1-7(6-13)9-3-10(12)5-11(4-9)15-8(2)14/h3-5,13H,6H2,1-2H3. The first kappa shape index (κ1) is 11.7. The first-order valence-electron chi connectivity index (χ1n) is 4.45. The van der Waals surface area contributed by atoms with Crippen molar-refractivity contribution in [3.8, 4) is 5.75 Å². The zero-order valence-corrected chi connectivity index (χ0v) is 8.58. The highest BCUT2D eigenvalue weighted by molar-refractivity contribution is 5.69. The SMILES string of the molecule is C[C](CO)c1cc(F)cc(OC(C)=O)c1. The fourth-order valence-corrected chi connectivity index (χ4v) is 1.13. The average Bonchev–Trinajstić information content (AvgIpc) is 2.14. The Morgan fingerprint density at radius 2 is 2.07 bits per heavy atom. The number of rotatable bonds is 3. The molecule has 1 radical (unpaired) electrons. The second-order valence-electron chi connectivity index (χ2n) is 3.21. The summed E-state index contributed by atoms with van der Waals surface area (Å²) in [5.74, 6) is -0.252. The number of halogens is 1. The molecule has 0 bridgehead atoms. The molecule has 4 heteroatoms. The molecule has 1 rings (SSSR count). The Morgan fingerprint density at radius 1 is 1.40 bits per heavy atom. The van der Waals surface area contributed by atoms with Crippen molar-refractivity contribution in [3.05, 3.63) is 35.5 Å². The molecule has 3 nitrogen and oxygen atoms in total. The average molecular weight is 211 g/mol. The molecule has 0 aliphatic carbocycles. The van der Waals surface area contributed by atoms with Gasteiger partial charge in [-0.15, -0.1) is 0 Å². The number of aliphatic hydroxyl groups is 1. The highest BCUT2D eigenvalue weighted by Crippen LogP contribution is 2.22. The Morgan fingerprint density at radius 3 is 2.60 bits per heavy atom. The molecule has 1 N–H and O–H groups in total. The third kappa shape index (κ3) is 3.32. The van der Waals surface area contributed by atoms with E-state index in [1.165, 1.54) is 19.1 Å². The summed E-state index contributed by atoms with van der Waals surface area (Å²) < 4.78 is 17.8. The predicted octanol–water partition coefficient (Wildman–Crippen LogP) is 1.69. The van der Waals surface area contributed by atoms with Crippen LogP contribution in [-0.2, 0) is 4.79 Å². The van der Waals surface area contributed by atoms with Gasteiger partial charge in [-0.1, -0.05) is 6.92 Å². The molecule has 0 heterocycles. The van der Waals surface area contributed by atoms with E-state index < -0.39 is 11.8 Å². The van der Waals surface area contributed by atoms with Gasteiger partial charge in [-0.2, -0.15) is 0 Å². The number of carbonyl (C=O) groups excluding carboxylic acids is 1. The molecule has 0 unspecified atom stereocenters. The number of ether oxygens (including phenoxy) is 1. The van der Waals surface area contributed by atoms with E-state index in [0.29, 0.717) is 11.5 Å². The molecule has 0 spiro atoms. The van der Waals surface area contributed by atoms with E-state index in [9.17, 15) is 9.18 Å². The van der Waals surface area contributed by atoms with E-state index in [2.05, 4.69) is 0 Å². The first-order valence-corrected chi connectivity index (χ1v) is 4.45. The number of aliphatic hydroxyl groups excluding tert-OH is 1. The van der Waals surface area contributed by atoms with Crippen molar-refractivity contribution in [1.82, 2.24) is 0 Å². The fraction of sp³-hybridized carbons (Fsp3) is 0.273. The topological polar surface area (TPSA) is 46.5 Å². The Bertz CT molecular complexity index is 363.